The minimum absolute atomic E-state index is 0.0937. The third kappa shape index (κ3) is 2.07. The zero-order valence-corrected chi connectivity index (χ0v) is 11.5. The highest BCUT2D eigenvalue weighted by Gasteiger charge is 2.40. The lowest BCUT2D eigenvalue weighted by atomic mass is 9.61. The van der Waals surface area contributed by atoms with Crippen molar-refractivity contribution in [1.29, 1.82) is 0 Å². The van der Waals surface area contributed by atoms with E-state index >= 15 is 0 Å². The molecular weight excluding hydrogens is 228 g/mol. The topological polar surface area (TPSA) is 0 Å². The van der Waals surface area contributed by atoms with E-state index in [9.17, 15) is 0 Å². The molecule has 1 heteroatoms. The van der Waals surface area contributed by atoms with Crippen LogP contribution in [0, 0.1) is 5.41 Å². The molecule has 0 saturated heterocycles. The number of allylic oxidation sites excluding steroid dienone is 4. The molecule has 1 aromatic rings. The molecule has 0 atom stereocenters. The van der Waals surface area contributed by atoms with Crippen LogP contribution in [0.15, 0.2) is 48.6 Å². The van der Waals surface area contributed by atoms with E-state index in [2.05, 4.69) is 57.2 Å². The van der Waals surface area contributed by atoms with Gasteiger partial charge in [0.2, 0.25) is 0 Å². The maximum absolute atomic E-state index is 6.39. The van der Waals surface area contributed by atoms with Gasteiger partial charge in [0, 0.05) is 10.4 Å². The Morgan fingerprint density at radius 1 is 1.06 bits per heavy atom. The van der Waals surface area contributed by atoms with Gasteiger partial charge >= 0.3 is 0 Å². The summed E-state index contributed by atoms with van der Waals surface area (Å²) < 4.78 is 0. The van der Waals surface area contributed by atoms with Gasteiger partial charge in [-0.3, -0.25) is 0 Å². The summed E-state index contributed by atoms with van der Waals surface area (Å²) in [7, 11) is 0. The van der Waals surface area contributed by atoms with E-state index in [0.717, 1.165) is 11.4 Å². The molecule has 0 unspecified atom stereocenters. The predicted octanol–water partition coefficient (Wildman–Crippen LogP) is 5.14. The third-order valence-electron chi connectivity index (χ3n) is 3.59. The van der Waals surface area contributed by atoms with E-state index in [4.69, 9.17) is 11.6 Å². The molecule has 0 bridgehead atoms. The monoisotopic (exact) mass is 246 g/mol. The van der Waals surface area contributed by atoms with Crippen molar-refractivity contribution in [3.05, 3.63) is 59.2 Å². The fourth-order valence-electron chi connectivity index (χ4n) is 2.52. The van der Waals surface area contributed by atoms with Crippen LogP contribution in [0.2, 0.25) is 5.02 Å². The van der Waals surface area contributed by atoms with Gasteiger partial charge in [-0.15, -0.1) is 0 Å². The molecular formula is C16H19Cl. The van der Waals surface area contributed by atoms with E-state index < -0.39 is 0 Å². The summed E-state index contributed by atoms with van der Waals surface area (Å²) in [5.74, 6) is 0. The highest BCUT2D eigenvalue weighted by Crippen LogP contribution is 2.47. The molecule has 0 nitrogen and oxygen atoms in total. The van der Waals surface area contributed by atoms with E-state index in [0.29, 0.717) is 0 Å². The molecule has 17 heavy (non-hydrogen) atoms. The largest absolute Gasteiger partial charge is 0.0840 e. The van der Waals surface area contributed by atoms with Gasteiger partial charge in [-0.1, -0.05) is 74.9 Å². The summed E-state index contributed by atoms with van der Waals surface area (Å²) in [5, 5.41) is 0.846. The SMILES string of the molecule is CC(C)(C)C1(c2ccccc2Cl)C=CCC=C1. The Hall–Kier alpha value is -1.01. The van der Waals surface area contributed by atoms with Gasteiger partial charge in [-0.25, -0.2) is 0 Å². The molecule has 1 aromatic carbocycles. The molecule has 2 rings (SSSR count). The first-order chi connectivity index (χ1) is 7.97. The smallest absolute Gasteiger partial charge is 0.0450 e. The van der Waals surface area contributed by atoms with Gasteiger partial charge in [0.25, 0.3) is 0 Å². The summed E-state index contributed by atoms with van der Waals surface area (Å²) in [4.78, 5) is 0. The van der Waals surface area contributed by atoms with E-state index in [1.807, 2.05) is 12.1 Å². The first kappa shape index (κ1) is 12.4. The zero-order chi connectivity index (χ0) is 12.5. The van der Waals surface area contributed by atoms with E-state index in [-0.39, 0.29) is 10.8 Å². The Morgan fingerprint density at radius 3 is 2.18 bits per heavy atom. The lowest BCUT2D eigenvalue weighted by Gasteiger charge is -2.42. The summed E-state index contributed by atoms with van der Waals surface area (Å²) >= 11 is 6.39. The Bertz CT molecular complexity index is 449. The van der Waals surface area contributed by atoms with Crippen molar-refractivity contribution in [3.63, 3.8) is 0 Å². The fourth-order valence-corrected chi connectivity index (χ4v) is 2.81. The minimum atomic E-state index is -0.0937. The molecule has 0 spiro atoms. The molecule has 0 aromatic heterocycles. The molecule has 0 fully saturated rings. The van der Waals surface area contributed by atoms with E-state index in [1.54, 1.807) is 0 Å². The maximum atomic E-state index is 6.39. The van der Waals surface area contributed by atoms with Crippen molar-refractivity contribution in [3.8, 4) is 0 Å². The summed E-state index contributed by atoms with van der Waals surface area (Å²) in [6, 6.07) is 8.15. The lowest BCUT2D eigenvalue weighted by molar-refractivity contribution is 0.288. The van der Waals surface area contributed by atoms with Crippen molar-refractivity contribution >= 4 is 11.6 Å². The fraction of sp³-hybridized carbons (Fsp3) is 0.375. The average Bonchev–Trinajstić information content (AvgIpc) is 2.29. The summed E-state index contributed by atoms with van der Waals surface area (Å²) in [6.07, 6.45) is 10.1. The molecule has 1 aliphatic carbocycles. The van der Waals surface area contributed by atoms with Gasteiger partial charge in [0.1, 0.15) is 0 Å². The Morgan fingerprint density at radius 2 is 1.65 bits per heavy atom. The number of hydrogen-bond donors (Lipinski definition) is 0. The van der Waals surface area contributed by atoms with Crippen LogP contribution in [0.4, 0.5) is 0 Å². The zero-order valence-electron chi connectivity index (χ0n) is 10.7. The average molecular weight is 247 g/mol. The molecule has 0 N–H and O–H groups in total. The van der Waals surface area contributed by atoms with Crippen LogP contribution in [0.3, 0.4) is 0 Å². The van der Waals surface area contributed by atoms with Crippen molar-refractivity contribution < 1.29 is 0 Å². The van der Waals surface area contributed by atoms with Crippen LogP contribution in [0.1, 0.15) is 32.8 Å². The van der Waals surface area contributed by atoms with Gasteiger partial charge in [-0.2, -0.15) is 0 Å². The second kappa shape index (κ2) is 4.34. The van der Waals surface area contributed by atoms with Crippen LogP contribution in [-0.4, -0.2) is 0 Å². The second-order valence-corrected chi connectivity index (χ2v) is 6.05. The molecule has 1 aliphatic rings. The van der Waals surface area contributed by atoms with Crippen LogP contribution in [-0.2, 0) is 5.41 Å². The molecule has 0 heterocycles. The maximum Gasteiger partial charge on any atom is 0.0450 e. The number of halogens is 1. The van der Waals surface area contributed by atoms with E-state index in [1.165, 1.54) is 5.56 Å². The Balaban J connectivity index is 2.64. The van der Waals surface area contributed by atoms with Gasteiger partial charge in [0.05, 0.1) is 0 Å². The van der Waals surface area contributed by atoms with Crippen molar-refractivity contribution in [2.45, 2.75) is 32.6 Å². The van der Waals surface area contributed by atoms with Crippen molar-refractivity contribution in [2.75, 3.05) is 0 Å². The molecule has 0 saturated carbocycles. The first-order valence-corrected chi connectivity index (χ1v) is 6.45. The van der Waals surface area contributed by atoms with Gasteiger partial charge < -0.3 is 0 Å². The number of benzene rings is 1. The quantitative estimate of drug-likeness (QED) is 0.602. The number of rotatable bonds is 1. The van der Waals surface area contributed by atoms with Crippen LogP contribution in [0.5, 0.6) is 0 Å². The highest BCUT2D eigenvalue weighted by atomic mass is 35.5. The predicted molar refractivity (Wildman–Crippen MR) is 75.5 cm³/mol. The molecule has 0 amide bonds. The molecule has 0 aliphatic heterocycles. The Kier molecular flexibility index (Phi) is 3.18. The second-order valence-electron chi connectivity index (χ2n) is 5.64. The van der Waals surface area contributed by atoms with Crippen molar-refractivity contribution in [2.24, 2.45) is 5.41 Å². The minimum Gasteiger partial charge on any atom is -0.0840 e. The number of hydrogen-bond acceptors (Lipinski definition) is 0. The first-order valence-electron chi connectivity index (χ1n) is 6.08. The lowest BCUT2D eigenvalue weighted by Crippen LogP contribution is -2.37. The molecule has 90 valence electrons. The normalized spacial score (nSPS) is 18.4. The van der Waals surface area contributed by atoms with Gasteiger partial charge in [0.15, 0.2) is 0 Å². The van der Waals surface area contributed by atoms with Crippen LogP contribution in [0.25, 0.3) is 0 Å². The van der Waals surface area contributed by atoms with Crippen LogP contribution < -0.4 is 0 Å². The van der Waals surface area contributed by atoms with Crippen molar-refractivity contribution in [1.82, 2.24) is 0 Å². The van der Waals surface area contributed by atoms with Crippen LogP contribution >= 0.6 is 11.6 Å². The highest BCUT2D eigenvalue weighted by molar-refractivity contribution is 6.31. The standard InChI is InChI=1S/C16H19Cl/c1-15(2,3)16(11-7-4-8-12-16)13-9-5-6-10-14(13)17/h5-12H,4H2,1-3H3. The van der Waals surface area contributed by atoms with Gasteiger partial charge in [-0.05, 0) is 23.5 Å². The molecule has 0 radical (unpaired) electrons. The summed E-state index contributed by atoms with van der Waals surface area (Å²) in [6.45, 7) is 6.78. The third-order valence-corrected chi connectivity index (χ3v) is 3.92. The summed E-state index contributed by atoms with van der Waals surface area (Å²) in [5.41, 5.74) is 1.20. The Labute approximate surface area is 109 Å².